The summed E-state index contributed by atoms with van der Waals surface area (Å²) in [5.74, 6) is 0.447. The second-order valence-corrected chi connectivity index (χ2v) is 4.87. The number of thioether (sulfide) groups is 1. The molecule has 6 nitrogen and oxygen atoms in total. The van der Waals surface area contributed by atoms with Crippen LogP contribution < -0.4 is 10.1 Å². The number of aromatic nitrogens is 3. The molecule has 0 aliphatic carbocycles. The van der Waals surface area contributed by atoms with Crippen LogP contribution in [0, 0.1) is 6.92 Å². The van der Waals surface area contributed by atoms with Crippen LogP contribution in [0.2, 0.25) is 0 Å². The van der Waals surface area contributed by atoms with Crippen LogP contribution in [0.3, 0.4) is 0 Å². The number of amides is 1. The third kappa shape index (κ3) is 3.99. The molecule has 100 valence electrons. The predicted molar refractivity (Wildman–Crippen MR) is 73.5 cm³/mol. The minimum absolute atomic E-state index is 0.149. The van der Waals surface area contributed by atoms with Crippen LogP contribution >= 0.6 is 11.8 Å². The molecular weight excluding hydrogens is 264 g/mol. The molecule has 1 heterocycles. The first-order chi connectivity index (χ1) is 9.17. The number of nitrogens with one attached hydrogen (secondary N) is 2. The van der Waals surface area contributed by atoms with Gasteiger partial charge in [-0.2, -0.15) is 4.98 Å². The number of aromatic amines is 1. The molecule has 0 unspecified atom stereocenters. The molecule has 1 amide bonds. The van der Waals surface area contributed by atoms with E-state index in [1.54, 1.807) is 0 Å². The van der Waals surface area contributed by atoms with Gasteiger partial charge in [0, 0.05) is 4.90 Å². The highest BCUT2D eigenvalue weighted by Gasteiger charge is 2.07. The molecule has 1 aromatic carbocycles. The van der Waals surface area contributed by atoms with E-state index in [-0.39, 0.29) is 17.9 Å². The van der Waals surface area contributed by atoms with Gasteiger partial charge in [-0.05, 0) is 19.1 Å². The van der Waals surface area contributed by atoms with Gasteiger partial charge in [-0.3, -0.25) is 10.1 Å². The number of hydrogen-bond acceptors (Lipinski definition) is 5. The lowest BCUT2D eigenvalue weighted by Crippen LogP contribution is -2.15. The Balaban J connectivity index is 1.82. The molecule has 0 atom stereocenters. The van der Waals surface area contributed by atoms with Crippen molar-refractivity contribution in [2.75, 3.05) is 18.2 Å². The van der Waals surface area contributed by atoms with Crippen molar-refractivity contribution in [1.29, 1.82) is 0 Å². The highest BCUT2D eigenvalue weighted by atomic mass is 32.2. The van der Waals surface area contributed by atoms with Crippen LogP contribution in [0.15, 0.2) is 29.2 Å². The second-order valence-electron chi connectivity index (χ2n) is 3.82. The lowest BCUT2D eigenvalue weighted by Gasteiger charge is -2.02. The highest BCUT2D eigenvalue weighted by molar-refractivity contribution is 8.00. The Morgan fingerprint density at radius 1 is 1.42 bits per heavy atom. The van der Waals surface area contributed by atoms with Gasteiger partial charge >= 0.3 is 6.01 Å². The molecule has 1 aromatic heterocycles. The monoisotopic (exact) mass is 278 g/mol. The number of rotatable bonds is 5. The van der Waals surface area contributed by atoms with Crippen molar-refractivity contribution in [2.24, 2.45) is 0 Å². The van der Waals surface area contributed by atoms with Crippen molar-refractivity contribution < 1.29 is 9.53 Å². The number of methoxy groups -OCH3 is 1. The zero-order valence-electron chi connectivity index (χ0n) is 10.6. The molecule has 0 fully saturated rings. The predicted octanol–water partition coefficient (Wildman–Crippen LogP) is 1.85. The summed E-state index contributed by atoms with van der Waals surface area (Å²) in [6.45, 7) is 2.03. The summed E-state index contributed by atoms with van der Waals surface area (Å²) >= 11 is 1.46. The number of carbonyl (C=O) groups is 1. The van der Waals surface area contributed by atoms with E-state index in [0.29, 0.717) is 5.75 Å². The van der Waals surface area contributed by atoms with Crippen LogP contribution in [0.4, 0.5) is 5.95 Å². The van der Waals surface area contributed by atoms with Gasteiger partial charge in [-0.1, -0.05) is 17.7 Å². The van der Waals surface area contributed by atoms with Gasteiger partial charge in [0.2, 0.25) is 11.9 Å². The number of ether oxygens (including phenoxy) is 1. The molecule has 7 heteroatoms. The standard InChI is InChI=1S/C12H14N4O2S/c1-8-3-5-9(6-4-8)19-7-10(17)13-11-14-12(18-2)16-15-11/h3-6H,7H2,1-2H3,(H2,13,14,15,16,17). The Hall–Kier alpha value is -2.02. The van der Waals surface area contributed by atoms with Gasteiger partial charge in [0.25, 0.3) is 0 Å². The van der Waals surface area contributed by atoms with Gasteiger partial charge < -0.3 is 4.74 Å². The molecule has 2 aromatic rings. The quantitative estimate of drug-likeness (QED) is 0.816. The van der Waals surface area contributed by atoms with E-state index in [1.165, 1.54) is 24.4 Å². The second kappa shape index (κ2) is 6.24. The molecule has 0 saturated carbocycles. The molecule has 19 heavy (non-hydrogen) atoms. The summed E-state index contributed by atoms with van der Waals surface area (Å²) in [7, 11) is 1.46. The van der Waals surface area contributed by atoms with E-state index < -0.39 is 0 Å². The Kier molecular flexibility index (Phi) is 4.40. The van der Waals surface area contributed by atoms with E-state index in [1.807, 2.05) is 31.2 Å². The lowest BCUT2D eigenvalue weighted by molar-refractivity contribution is -0.113. The summed E-state index contributed by atoms with van der Waals surface area (Å²) in [5, 5.41) is 8.91. The topological polar surface area (TPSA) is 79.9 Å². The normalized spacial score (nSPS) is 10.2. The SMILES string of the molecule is COc1n[nH]c(NC(=O)CSc2ccc(C)cc2)n1. The Morgan fingerprint density at radius 3 is 2.79 bits per heavy atom. The van der Waals surface area contributed by atoms with Gasteiger partial charge in [0.15, 0.2) is 0 Å². The molecule has 0 bridgehead atoms. The number of hydrogen-bond donors (Lipinski definition) is 2. The lowest BCUT2D eigenvalue weighted by atomic mass is 10.2. The third-order valence-corrected chi connectivity index (χ3v) is 3.31. The maximum Gasteiger partial charge on any atom is 0.336 e. The maximum atomic E-state index is 11.7. The van der Waals surface area contributed by atoms with E-state index >= 15 is 0 Å². The molecule has 2 N–H and O–H groups in total. The van der Waals surface area contributed by atoms with Crippen molar-refractivity contribution in [3.05, 3.63) is 29.8 Å². The zero-order valence-corrected chi connectivity index (χ0v) is 11.5. The Labute approximate surface area is 115 Å². The van der Waals surface area contributed by atoms with Crippen LogP contribution in [0.25, 0.3) is 0 Å². The molecular formula is C12H14N4O2S. The molecule has 0 spiro atoms. The number of anilines is 1. The maximum absolute atomic E-state index is 11.7. The number of benzene rings is 1. The minimum atomic E-state index is -0.149. The van der Waals surface area contributed by atoms with Crippen molar-refractivity contribution >= 4 is 23.6 Å². The largest absolute Gasteiger partial charge is 0.466 e. The zero-order chi connectivity index (χ0) is 13.7. The van der Waals surface area contributed by atoms with E-state index in [4.69, 9.17) is 4.74 Å². The van der Waals surface area contributed by atoms with Gasteiger partial charge in [0.1, 0.15) is 0 Å². The van der Waals surface area contributed by atoms with Crippen LogP contribution in [-0.2, 0) is 4.79 Å². The molecule has 0 aliphatic rings. The van der Waals surface area contributed by atoms with E-state index in [9.17, 15) is 4.79 Å². The number of carbonyl (C=O) groups excluding carboxylic acids is 1. The first kappa shape index (κ1) is 13.4. The Bertz CT molecular complexity index is 553. The average molecular weight is 278 g/mol. The average Bonchev–Trinajstić information content (AvgIpc) is 2.86. The molecule has 0 radical (unpaired) electrons. The molecule has 2 rings (SSSR count). The summed E-state index contributed by atoms with van der Waals surface area (Å²) in [4.78, 5) is 16.6. The van der Waals surface area contributed by atoms with E-state index in [0.717, 1.165) is 4.90 Å². The highest BCUT2D eigenvalue weighted by Crippen LogP contribution is 2.18. The molecule has 0 saturated heterocycles. The first-order valence-corrected chi connectivity index (χ1v) is 6.61. The van der Waals surface area contributed by atoms with Crippen LogP contribution in [0.5, 0.6) is 6.01 Å². The summed E-state index contributed by atoms with van der Waals surface area (Å²) in [5.41, 5.74) is 1.20. The third-order valence-electron chi connectivity index (χ3n) is 2.30. The summed E-state index contributed by atoms with van der Waals surface area (Å²) in [6, 6.07) is 8.21. The first-order valence-electron chi connectivity index (χ1n) is 5.63. The van der Waals surface area contributed by atoms with Gasteiger partial charge in [0.05, 0.1) is 12.9 Å². The summed E-state index contributed by atoms with van der Waals surface area (Å²) < 4.78 is 4.81. The minimum Gasteiger partial charge on any atom is -0.466 e. The van der Waals surface area contributed by atoms with Crippen molar-refractivity contribution in [3.8, 4) is 6.01 Å². The fraction of sp³-hybridized carbons (Fsp3) is 0.250. The Morgan fingerprint density at radius 2 is 2.16 bits per heavy atom. The smallest absolute Gasteiger partial charge is 0.336 e. The number of aryl methyl sites for hydroxylation is 1. The number of H-pyrrole nitrogens is 1. The van der Waals surface area contributed by atoms with Crippen molar-refractivity contribution in [3.63, 3.8) is 0 Å². The fourth-order valence-electron chi connectivity index (χ4n) is 1.35. The summed E-state index contributed by atoms with van der Waals surface area (Å²) in [6.07, 6.45) is 0. The van der Waals surface area contributed by atoms with Gasteiger partial charge in [-0.25, -0.2) is 5.10 Å². The van der Waals surface area contributed by atoms with E-state index in [2.05, 4.69) is 20.5 Å². The van der Waals surface area contributed by atoms with Crippen molar-refractivity contribution in [1.82, 2.24) is 15.2 Å². The van der Waals surface area contributed by atoms with Crippen LogP contribution in [-0.4, -0.2) is 34.0 Å². The molecule has 0 aliphatic heterocycles. The van der Waals surface area contributed by atoms with Crippen LogP contribution in [0.1, 0.15) is 5.56 Å². The van der Waals surface area contributed by atoms with Crippen molar-refractivity contribution in [2.45, 2.75) is 11.8 Å². The number of nitrogens with zero attached hydrogens (tertiary/aromatic N) is 2. The fourth-order valence-corrected chi connectivity index (χ4v) is 2.04. The van der Waals surface area contributed by atoms with Gasteiger partial charge in [-0.15, -0.1) is 16.9 Å².